The molecule has 2 aromatic rings. The van der Waals surface area contributed by atoms with E-state index in [-0.39, 0.29) is 0 Å². The highest BCUT2D eigenvalue weighted by Gasteiger charge is 2.23. The number of aromatic nitrogens is 2. The van der Waals surface area contributed by atoms with E-state index in [1.807, 2.05) is 18.5 Å². The van der Waals surface area contributed by atoms with Crippen molar-refractivity contribution in [2.24, 2.45) is 5.92 Å². The van der Waals surface area contributed by atoms with Gasteiger partial charge in [0, 0.05) is 37.3 Å². The summed E-state index contributed by atoms with van der Waals surface area (Å²) in [5.41, 5.74) is 1.17. The molecule has 94 valence electrons. The van der Waals surface area contributed by atoms with Gasteiger partial charge >= 0.3 is 0 Å². The van der Waals surface area contributed by atoms with E-state index in [4.69, 9.17) is 0 Å². The molecule has 1 atom stereocenters. The molecule has 0 amide bonds. The zero-order valence-electron chi connectivity index (χ0n) is 10.3. The van der Waals surface area contributed by atoms with Gasteiger partial charge in [-0.15, -0.1) is 11.3 Å². The minimum absolute atomic E-state index is 0.764. The molecule has 1 saturated heterocycles. The van der Waals surface area contributed by atoms with Crippen molar-refractivity contribution in [2.75, 3.05) is 13.1 Å². The summed E-state index contributed by atoms with van der Waals surface area (Å²) in [5, 5.41) is 3.34. The number of likely N-dealkylation sites (tertiary alicyclic amines) is 1. The lowest BCUT2D eigenvalue weighted by Crippen LogP contribution is -2.21. The zero-order chi connectivity index (χ0) is 12.2. The molecule has 3 rings (SSSR count). The number of thiazole rings is 1. The Labute approximate surface area is 112 Å². The van der Waals surface area contributed by atoms with Gasteiger partial charge in [0.15, 0.2) is 0 Å². The molecule has 0 radical (unpaired) electrons. The van der Waals surface area contributed by atoms with Gasteiger partial charge in [0.2, 0.25) is 0 Å². The maximum Gasteiger partial charge on any atom is 0.0928 e. The van der Waals surface area contributed by atoms with Crippen LogP contribution in [0.5, 0.6) is 0 Å². The molecule has 1 aliphatic rings. The van der Waals surface area contributed by atoms with E-state index in [2.05, 4.69) is 32.4 Å². The van der Waals surface area contributed by atoms with Gasteiger partial charge in [0.25, 0.3) is 0 Å². The first-order valence-corrected chi connectivity index (χ1v) is 7.29. The number of hydrogen-bond acceptors (Lipinski definition) is 4. The van der Waals surface area contributed by atoms with E-state index in [1.54, 1.807) is 11.3 Å². The molecular weight excluding hydrogens is 242 g/mol. The van der Waals surface area contributed by atoms with Crippen LogP contribution in [-0.4, -0.2) is 28.0 Å². The average molecular weight is 259 g/mol. The molecule has 0 saturated carbocycles. The monoisotopic (exact) mass is 259 g/mol. The zero-order valence-corrected chi connectivity index (χ0v) is 11.1. The molecule has 0 aliphatic carbocycles. The SMILES string of the molecule is c1ccc(CN2CCC(Cc3nccs3)C2)nc1. The van der Waals surface area contributed by atoms with Gasteiger partial charge in [0.1, 0.15) is 0 Å². The van der Waals surface area contributed by atoms with Crippen molar-refractivity contribution in [1.29, 1.82) is 0 Å². The molecule has 2 aromatic heterocycles. The Morgan fingerprint density at radius 2 is 2.28 bits per heavy atom. The predicted octanol–water partition coefficient (Wildman–Crippen LogP) is 2.60. The lowest BCUT2D eigenvalue weighted by atomic mass is 10.1. The van der Waals surface area contributed by atoms with Gasteiger partial charge in [-0.3, -0.25) is 9.88 Å². The van der Waals surface area contributed by atoms with Gasteiger partial charge in [-0.25, -0.2) is 4.98 Å². The molecular formula is C14H17N3S. The number of rotatable bonds is 4. The molecule has 0 N–H and O–H groups in total. The minimum atomic E-state index is 0.764. The minimum Gasteiger partial charge on any atom is -0.297 e. The van der Waals surface area contributed by atoms with E-state index in [9.17, 15) is 0 Å². The Morgan fingerprint density at radius 3 is 3.06 bits per heavy atom. The second kappa shape index (κ2) is 5.59. The topological polar surface area (TPSA) is 29.0 Å². The van der Waals surface area contributed by atoms with E-state index in [0.717, 1.165) is 18.9 Å². The van der Waals surface area contributed by atoms with Crippen LogP contribution in [0, 0.1) is 5.92 Å². The van der Waals surface area contributed by atoms with Crippen LogP contribution in [0.4, 0.5) is 0 Å². The first-order valence-electron chi connectivity index (χ1n) is 6.41. The summed E-state index contributed by atoms with van der Waals surface area (Å²) < 4.78 is 0. The van der Waals surface area contributed by atoms with Crippen LogP contribution >= 0.6 is 11.3 Å². The normalized spacial score (nSPS) is 20.3. The summed E-state index contributed by atoms with van der Waals surface area (Å²) in [7, 11) is 0. The molecule has 1 unspecified atom stereocenters. The summed E-state index contributed by atoms with van der Waals surface area (Å²) in [4.78, 5) is 11.3. The van der Waals surface area contributed by atoms with E-state index >= 15 is 0 Å². The van der Waals surface area contributed by atoms with Gasteiger partial charge in [-0.2, -0.15) is 0 Å². The average Bonchev–Trinajstić information content (AvgIpc) is 3.03. The van der Waals surface area contributed by atoms with Crippen molar-refractivity contribution in [2.45, 2.75) is 19.4 Å². The highest BCUT2D eigenvalue weighted by molar-refractivity contribution is 7.09. The second-order valence-corrected chi connectivity index (χ2v) is 5.82. The Balaban J connectivity index is 1.52. The van der Waals surface area contributed by atoms with Crippen molar-refractivity contribution >= 4 is 11.3 Å². The maximum absolute atomic E-state index is 4.39. The standard InChI is InChI=1S/C14H17N3S/c1-2-5-15-13(3-1)11-17-7-4-12(10-17)9-14-16-6-8-18-14/h1-3,5-6,8,12H,4,7,9-11H2. The number of nitrogens with zero attached hydrogens (tertiary/aromatic N) is 3. The highest BCUT2D eigenvalue weighted by Crippen LogP contribution is 2.22. The van der Waals surface area contributed by atoms with E-state index in [0.29, 0.717) is 0 Å². The highest BCUT2D eigenvalue weighted by atomic mass is 32.1. The van der Waals surface area contributed by atoms with Gasteiger partial charge < -0.3 is 0 Å². The van der Waals surface area contributed by atoms with Crippen LogP contribution in [0.25, 0.3) is 0 Å². The Kier molecular flexibility index (Phi) is 3.67. The van der Waals surface area contributed by atoms with Crippen molar-refractivity contribution in [3.8, 4) is 0 Å². The summed E-state index contributed by atoms with van der Waals surface area (Å²) in [6.45, 7) is 3.35. The van der Waals surface area contributed by atoms with Crippen LogP contribution in [0.1, 0.15) is 17.1 Å². The number of pyridine rings is 1. The lowest BCUT2D eigenvalue weighted by molar-refractivity contribution is 0.312. The molecule has 0 spiro atoms. The van der Waals surface area contributed by atoms with Gasteiger partial charge in [-0.05, 0) is 31.0 Å². The summed E-state index contributed by atoms with van der Waals surface area (Å²) in [6.07, 6.45) is 6.20. The third-order valence-electron chi connectivity index (χ3n) is 3.43. The third-order valence-corrected chi connectivity index (χ3v) is 4.23. The van der Waals surface area contributed by atoms with Crippen LogP contribution in [-0.2, 0) is 13.0 Å². The first kappa shape index (κ1) is 11.8. The predicted molar refractivity (Wildman–Crippen MR) is 73.4 cm³/mol. The molecule has 3 nitrogen and oxygen atoms in total. The Morgan fingerprint density at radius 1 is 1.28 bits per heavy atom. The second-order valence-electron chi connectivity index (χ2n) is 4.84. The third kappa shape index (κ3) is 2.94. The Hall–Kier alpha value is -1.26. The number of hydrogen-bond donors (Lipinski definition) is 0. The fourth-order valence-electron chi connectivity index (χ4n) is 2.54. The maximum atomic E-state index is 4.39. The summed E-state index contributed by atoms with van der Waals surface area (Å²) in [6, 6.07) is 6.14. The molecule has 1 fully saturated rings. The molecule has 4 heteroatoms. The quantitative estimate of drug-likeness (QED) is 0.845. The summed E-state index contributed by atoms with van der Waals surface area (Å²) >= 11 is 1.77. The molecule has 0 bridgehead atoms. The van der Waals surface area contributed by atoms with Gasteiger partial charge in [0.05, 0.1) is 10.7 Å². The molecule has 1 aliphatic heterocycles. The van der Waals surface area contributed by atoms with Crippen molar-refractivity contribution in [1.82, 2.24) is 14.9 Å². The fraction of sp³-hybridized carbons (Fsp3) is 0.429. The van der Waals surface area contributed by atoms with Crippen molar-refractivity contribution in [3.63, 3.8) is 0 Å². The van der Waals surface area contributed by atoms with E-state index in [1.165, 1.54) is 30.2 Å². The first-order chi connectivity index (χ1) is 8.90. The fourth-order valence-corrected chi connectivity index (χ4v) is 3.28. The van der Waals surface area contributed by atoms with Gasteiger partial charge in [-0.1, -0.05) is 6.07 Å². The largest absolute Gasteiger partial charge is 0.297 e. The van der Waals surface area contributed by atoms with E-state index < -0.39 is 0 Å². The van der Waals surface area contributed by atoms with Crippen LogP contribution in [0.15, 0.2) is 36.0 Å². The molecule has 18 heavy (non-hydrogen) atoms. The van der Waals surface area contributed by atoms with Crippen molar-refractivity contribution in [3.05, 3.63) is 46.7 Å². The lowest BCUT2D eigenvalue weighted by Gasteiger charge is -2.14. The van der Waals surface area contributed by atoms with Crippen LogP contribution in [0.3, 0.4) is 0 Å². The molecule has 3 heterocycles. The molecule has 0 aromatic carbocycles. The van der Waals surface area contributed by atoms with Crippen molar-refractivity contribution < 1.29 is 0 Å². The van der Waals surface area contributed by atoms with Crippen LogP contribution in [0.2, 0.25) is 0 Å². The smallest absolute Gasteiger partial charge is 0.0928 e. The summed E-state index contributed by atoms with van der Waals surface area (Å²) in [5.74, 6) is 0.764. The van der Waals surface area contributed by atoms with Crippen LogP contribution < -0.4 is 0 Å². The Bertz CT molecular complexity index is 469.